The van der Waals surface area contributed by atoms with E-state index in [-0.39, 0.29) is 5.91 Å². The maximum atomic E-state index is 11.5. The zero-order valence-corrected chi connectivity index (χ0v) is 16.6. The van der Waals surface area contributed by atoms with E-state index in [1.54, 1.807) is 0 Å². The first kappa shape index (κ1) is 19.5. The van der Waals surface area contributed by atoms with Gasteiger partial charge in [0.2, 0.25) is 5.91 Å². The number of benzene rings is 1. The normalized spacial score (nSPS) is 23.7. The van der Waals surface area contributed by atoms with Crippen LogP contribution in [-0.4, -0.2) is 44.1 Å². The molecular weight excluding hydrogens is 338 g/mol. The quantitative estimate of drug-likeness (QED) is 0.549. The monoisotopic (exact) mass is 371 g/mol. The molecule has 1 amide bonds. The lowest BCUT2D eigenvalue weighted by Crippen LogP contribution is -2.47. The number of nitrogens with one attached hydrogen (secondary N) is 3. The molecule has 0 aromatic heterocycles. The Morgan fingerprint density at radius 3 is 2.63 bits per heavy atom. The molecule has 1 aliphatic carbocycles. The van der Waals surface area contributed by atoms with Gasteiger partial charge < -0.3 is 20.9 Å². The van der Waals surface area contributed by atoms with Crippen LogP contribution in [0, 0.1) is 5.92 Å². The molecule has 0 bridgehead atoms. The second-order valence-electron chi connectivity index (χ2n) is 7.73. The van der Waals surface area contributed by atoms with Crippen molar-refractivity contribution in [2.75, 3.05) is 31.1 Å². The predicted octanol–water partition coefficient (Wildman–Crippen LogP) is 2.26. The van der Waals surface area contributed by atoms with Gasteiger partial charge in [-0.1, -0.05) is 19.1 Å². The van der Waals surface area contributed by atoms with Crippen LogP contribution in [0.3, 0.4) is 0 Å². The fourth-order valence-corrected chi connectivity index (χ4v) is 3.76. The molecule has 27 heavy (non-hydrogen) atoms. The van der Waals surface area contributed by atoms with Gasteiger partial charge in [-0.05, 0) is 56.2 Å². The third-order valence-electron chi connectivity index (χ3n) is 5.46. The predicted molar refractivity (Wildman–Crippen MR) is 111 cm³/mol. The van der Waals surface area contributed by atoms with E-state index in [4.69, 9.17) is 4.99 Å². The SMILES string of the molecule is CCNC(=NCc1ccc(N2CCNC(=O)C2)cc1)NC1CCC(C)CC1. The second-order valence-corrected chi connectivity index (χ2v) is 7.73. The van der Waals surface area contributed by atoms with E-state index in [9.17, 15) is 4.79 Å². The Morgan fingerprint density at radius 2 is 1.96 bits per heavy atom. The van der Waals surface area contributed by atoms with Crippen molar-refractivity contribution in [1.82, 2.24) is 16.0 Å². The first-order valence-corrected chi connectivity index (χ1v) is 10.3. The number of carbonyl (C=O) groups excluding carboxylic acids is 1. The molecule has 1 saturated heterocycles. The average molecular weight is 372 g/mol. The molecule has 1 aromatic rings. The van der Waals surface area contributed by atoms with Crippen molar-refractivity contribution in [3.05, 3.63) is 29.8 Å². The first-order chi connectivity index (χ1) is 13.1. The smallest absolute Gasteiger partial charge is 0.239 e. The first-order valence-electron chi connectivity index (χ1n) is 10.3. The van der Waals surface area contributed by atoms with Gasteiger partial charge in [-0.2, -0.15) is 0 Å². The summed E-state index contributed by atoms with van der Waals surface area (Å²) in [5.74, 6) is 1.86. The maximum absolute atomic E-state index is 11.5. The molecular formula is C21H33N5O. The van der Waals surface area contributed by atoms with Crippen molar-refractivity contribution in [1.29, 1.82) is 0 Å². The number of piperazine rings is 1. The molecule has 6 nitrogen and oxygen atoms in total. The molecule has 1 saturated carbocycles. The van der Waals surface area contributed by atoms with Gasteiger partial charge in [0, 0.05) is 31.4 Å². The van der Waals surface area contributed by atoms with Crippen molar-refractivity contribution >= 4 is 17.6 Å². The lowest BCUT2D eigenvalue weighted by Gasteiger charge is -2.28. The number of hydrogen-bond donors (Lipinski definition) is 3. The Balaban J connectivity index is 1.56. The highest BCUT2D eigenvalue weighted by atomic mass is 16.2. The van der Waals surface area contributed by atoms with Crippen molar-refractivity contribution in [3.63, 3.8) is 0 Å². The third kappa shape index (κ3) is 5.88. The van der Waals surface area contributed by atoms with E-state index >= 15 is 0 Å². The van der Waals surface area contributed by atoms with Gasteiger partial charge in [0.25, 0.3) is 0 Å². The number of carbonyl (C=O) groups is 1. The van der Waals surface area contributed by atoms with Crippen LogP contribution in [0.1, 0.15) is 45.1 Å². The number of amides is 1. The van der Waals surface area contributed by atoms with Gasteiger partial charge in [-0.25, -0.2) is 4.99 Å². The largest absolute Gasteiger partial charge is 0.360 e. The van der Waals surface area contributed by atoms with Crippen molar-refractivity contribution in [3.8, 4) is 0 Å². The van der Waals surface area contributed by atoms with Crippen LogP contribution >= 0.6 is 0 Å². The lowest BCUT2D eigenvalue weighted by atomic mass is 9.87. The molecule has 6 heteroatoms. The summed E-state index contributed by atoms with van der Waals surface area (Å²) in [6.07, 6.45) is 5.05. The highest BCUT2D eigenvalue weighted by Crippen LogP contribution is 2.23. The fourth-order valence-electron chi connectivity index (χ4n) is 3.76. The number of anilines is 1. The van der Waals surface area contributed by atoms with Gasteiger partial charge in [-0.15, -0.1) is 0 Å². The van der Waals surface area contributed by atoms with E-state index in [1.165, 1.54) is 31.2 Å². The lowest BCUT2D eigenvalue weighted by molar-refractivity contribution is -0.120. The van der Waals surface area contributed by atoms with E-state index < -0.39 is 0 Å². The minimum atomic E-state index is 0.0911. The van der Waals surface area contributed by atoms with E-state index in [1.807, 2.05) is 0 Å². The third-order valence-corrected chi connectivity index (χ3v) is 5.46. The summed E-state index contributed by atoms with van der Waals surface area (Å²) in [4.78, 5) is 18.4. The molecule has 2 fully saturated rings. The summed E-state index contributed by atoms with van der Waals surface area (Å²) in [5.41, 5.74) is 2.27. The second kappa shape index (κ2) is 9.62. The molecule has 0 atom stereocenters. The Bertz CT molecular complexity index is 634. The standard InChI is InChI=1S/C21H33N5O/c1-3-22-21(25-18-8-4-16(2)5-9-18)24-14-17-6-10-19(11-7-17)26-13-12-23-20(27)15-26/h6-7,10-11,16,18H,3-5,8-9,12-15H2,1-2H3,(H,23,27)(H2,22,24,25). The van der Waals surface area contributed by atoms with Crippen LogP contribution in [0.4, 0.5) is 5.69 Å². The maximum Gasteiger partial charge on any atom is 0.239 e. The summed E-state index contributed by atoms with van der Waals surface area (Å²) >= 11 is 0. The Morgan fingerprint density at radius 1 is 1.22 bits per heavy atom. The number of guanidine groups is 1. The van der Waals surface area contributed by atoms with E-state index in [2.05, 4.69) is 59.0 Å². The summed E-state index contributed by atoms with van der Waals surface area (Å²) < 4.78 is 0. The molecule has 2 aliphatic rings. The number of hydrogen-bond acceptors (Lipinski definition) is 3. The van der Waals surface area contributed by atoms with Gasteiger partial charge in [-0.3, -0.25) is 4.79 Å². The van der Waals surface area contributed by atoms with E-state index in [0.29, 0.717) is 25.7 Å². The van der Waals surface area contributed by atoms with Gasteiger partial charge in [0.1, 0.15) is 0 Å². The molecule has 0 radical (unpaired) electrons. The van der Waals surface area contributed by atoms with Gasteiger partial charge in [0.15, 0.2) is 5.96 Å². The molecule has 3 N–H and O–H groups in total. The number of nitrogens with zero attached hydrogens (tertiary/aromatic N) is 2. The zero-order valence-electron chi connectivity index (χ0n) is 16.6. The van der Waals surface area contributed by atoms with Gasteiger partial charge >= 0.3 is 0 Å². The number of aliphatic imine (C=N–C) groups is 1. The highest BCUT2D eigenvalue weighted by Gasteiger charge is 2.19. The molecule has 148 valence electrons. The van der Waals surface area contributed by atoms with Crippen LogP contribution in [-0.2, 0) is 11.3 Å². The minimum Gasteiger partial charge on any atom is -0.360 e. The van der Waals surface area contributed by atoms with Crippen molar-refractivity contribution in [2.24, 2.45) is 10.9 Å². The molecule has 1 aliphatic heterocycles. The average Bonchev–Trinajstić information content (AvgIpc) is 2.68. The topological polar surface area (TPSA) is 68.8 Å². The fraction of sp³-hybridized carbons (Fsp3) is 0.619. The van der Waals surface area contributed by atoms with Crippen LogP contribution < -0.4 is 20.9 Å². The summed E-state index contributed by atoms with van der Waals surface area (Å²) in [6, 6.07) is 8.93. The van der Waals surface area contributed by atoms with Crippen LogP contribution in [0.25, 0.3) is 0 Å². The van der Waals surface area contributed by atoms with Crippen molar-refractivity contribution < 1.29 is 4.79 Å². The molecule has 0 unspecified atom stereocenters. The molecule has 1 heterocycles. The Hall–Kier alpha value is -2.24. The Labute approximate surface area is 162 Å². The Kier molecular flexibility index (Phi) is 6.96. The van der Waals surface area contributed by atoms with Crippen LogP contribution in [0.15, 0.2) is 29.3 Å². The van der Waals surface area contributed by atoms with E-state index in [0.717, 1.165) is 30.7 Å². The summed E-state index contributed by atoms with van der Waals surface area (Å²) in [5, 5.41) is 9.83. The zero-order chi connectivity index (χ0) is 19.1. The summed E-state index contributed by atoms with van der Waals surface area (Å²) in [7, 11) is 0. The molecule has 0 spiro atoms. The number of rotatable bonds is 5. The van der Waals surface area contributed by atoms with Crippen LogP contribution in [0.5, 0.6) is 0 Å². The van der Waals surface area contributed by atoms with Crippen molar-refractivity contribution in [2.45, 2.75) is 52.1 Å². The van der Waals surface area contributed by atoms with Crippen LogP contribution in [0.2, 0.25) is 0 Å². The molecule has 3 rings (SSSR count). The highest BCUT2D eigenvalue weighted by molar-refractivity contribution is 5.82. The summed E-state index contributed by atoms with van der Waals surface area (Å²) in [6.45, 7) is 7.97. The van der Waals surface area contributed by atoms with Gasteiger partial charge in [0.05, 0.1) is 13.1 Å². The molecule has 1 aromatic carbocycles. The minimum absolute atomic E-state index is 0.0911.